The van der Waals surface area contributed by atoms with Crippen LogP contribution in [0, 0.1) is 61.2 Å². The maximum absolute atomic E-state index is 12.8. The van der Waals surface area contributed by atoms with E-state index in [-0.39, 0.29) is 45.2 Å². The molecule has 0 spiro atoms. The van der Waals surface area contributed by atoms with Gasteiger partial charge >= 0.3 is 0 Å². The van der Waals surface area contributed by atoms with Gasteiger partial charge in [0.25, 0.3) is 59.0 Å². The van der Waals surface area contributed by atoms with Gasteiger partial charge in [0.15, 0.2) is 0 Å². The predicted octanol–water partition coefficient (Wildman–Crippen LogP) is 14.4. The summed E-state index contributed by atoms with van der Waals surface area (Å²) < 4.78 is 111. The van der Waals surface area contributed by atoms with Crippen LogP contribution in [0.2, 0.25) is 0 Å². The number of hydrogen-bond donors (Lipinski definition) is 1. The zero-order valence-corrected chi connectivity index (χ0v) is 56.5. The maximum atomic E-state index is 12.8. The molecule has 0 aliphatic heterocycles. The first-order chi connectivity index (χ1) is 47.1. The van der Waals surface area contributed by atoms with Crippen LogP contribution in [-0.2, 0) is 62.7 Å². The Morgan fingerprint density at radius 2 is 0.828 bits per heavy atom. The lowest BCUT2D eigenvalue weighted by atomic mass is 10.0. The molecule has 0 aliphatic rings. The molecule has 0 radical (unpaired) electrons. The van der Waals surface area contributed by atoms with Crippen LogP contribution in [0.5, 0.6) is 23.0 Å². The molecule has 99 heavy (non-hydrogen) atoms. The molecule has 30 heteroatoms. The van der Waals surface area contributed by atoms with Crippen molar-refractivity contribution in [2.45, 2.75) is 69.1 Å². The molecule has 0 aliphatic carbocycles. The van der Waals surface area contributed by atoms with E-state index in [1.807, 2.05) is 82.3 Å². The lowest BCUT2D eigenvalue weighted by molar-refractivity contribution is -0.396. The maximum Gasteiger partial charge on any atom is 0.297 e. The molecule has 0 saturated carbocycles. The minimum atomic E-state index is -4.21. The average Bonchev–Trinajstić information content (AvgIpc) is 0.748. The number of rotatable bonds is 24. The van der Waals surface area contributed by atoms with Crippen molar-refractivity contribution >= 4 is 86.2 Å². The first kappa shape index (κ1) is 75.1. The van der Waals surface area contributed by atoms with Gasteiger partial charge in [-0.05, 0) is 142 Å². The third kappa shape index (κ3) is 19.9. The third-order valence-corrected chi connectivity index (χ3v) is 18.1. The van der Waals surface area contributed by atoms with Crippen LogP contribution in [0.15, 0.2) is 215 Å². The topological polar surface area (TPSA) is 369 Å². The fourth-order valence-electron chi connectivity index (χ4n) is 9.33. The van der Waals surface area contributed by atoms with E-state index < -0.39 is 73.6 Å². The number of nitro groups is 4. The normalized spacial score (nSPS) is 11.1. The number of carbonyl (C=O) groups is 1. The Morgan fingerprint density at radius 1 is 0.424 bits per heavy atom. The predicted molar refractivity (Wildman–Crippen MR) is 367 cm³/mol. The minimum Gasteiger partial charge on any atom is -0.495 e. The molecular weight excluding hydrogens is 1350 g/mol. The number of ether oxygens (including phenoxy) is 4. The van der Waals surface area contributed by atoms with Gasteiger partial charge in [-0.3, -0.25) is 57.8 Å². The smallest absolute Gasteiger partial charge is 0.297 e. The third-order valence-electron chi connectivity index (χ3n) is 14.3. The summed E-state index contributed by atoms with van der Waals surface area (Å²) in [5, 5.41) is 49.1. The Hall–Kier alpha value is -11.3. The van der Waals surface area contributed by atoms with Crippen molar-refractivity contribution < 1.29 is 81.2 Å². The number of carbonyl (C=O) groups excluding carboxylic acids is 1. The van der Waals surface area contributed by atoms with Gasteiger partial charge in [-0.2, -0.15) is 25.3 Å². The van der Waals surface area contributed by atoms with Crippen LogP contribution in [-0.4, -0.2) is 78.3 Å². The molecule has 0 saturated heterocycles. The fraction of sp³-hybridized carbons (Fsp3) is 0.174. The van der Waals surface area contributed by atoms with Crippen LogP contribution in [0.4, 0.5) is 28.4 Å². The van der Waals surface area contributed by atoms with Crippen molar-refractivity contribution in [1.82, 2.24) is 0 Å². The van der Waals surface area contributed by atoms with Crippen molar-refractivity contribution in [3.05, 3.63) is 280 Å². The number of nitrogens with one attached hydrogen (secondary N) is 1. The molecule has 516 valence electrons. The second kappa shape index (κ2) is 34.1. The van der Waals surface area contributed by atoms with Gasteiger partial charge in [0, 0.05) is 69.6 Å². The van der Waals surface area contributed by atoms with E-state index in [0.717, 1.165) is 51.4 Å². The van der Waals surface area contributed by atoms with Crippen LogP contribution in [0.1, 0.15) is 57.6 Å². The highest BCUT2D eigenvalue weighted by molar-refractivity contribution is 7.87. The minimum absolute atomic E-state index is 0.0393. The second-order valence-corrected chi connectivity index (χ2v) is 25.9. The molecule has 0 aromatic heterocycles. The van der Waals surface area contributed by atoms with Gasteiger partial charge in [0.05, 0.1) is 80.7 Å². The Balaban J connectivity index is 0.000000189. The Bertz CT molecular complexity index is 4880. The van der Waals surface area contributed by atoms with E-state index in [1.165, 1.54) is 92.0 Å². The number of fused-ring (bicyclic) bond motifs is 2. The largest absolute Gasteiger partial charge is 0.495 e. The fourth-order valence-corrected chi connectivity index (χ4v) is 12.0. The van der Waals surface area contributed by atoms with Gasteiger partial charge in [-0.25, -0.2) is 0 Å². The molecular formula is C69H65N5O22S3. The van der Waals surface area contributed by atoms with Crippen molar-refractivity contribution in [1.29, 1.82) is 0 Å². The van der Waals surface area contributed by atoms with Gasteiger partial charge in [0.2, 0.25) is 0 Å². The van der Waals surface area contributed by atoms with E-state index in [1.54, 1.807) is 56.5 Å². The molecule has 1 amide bonds. The quantitative estimate of drug-likeness (QED) is 0.0254. The van der Waals surface area contributed by atoms with E-state index in [4.69, 9.17) is 31.5 Å². The Kier molecular flexibility index (Phi) is 25.9. The van der Waals surface area contributed by atoms with E-state index >= 15 is 0 Å². The van der Waals surface area contributed by atoms with Crippen LogP contribution in [0.25, 0.3) is 21.5 Å². The first-order valence-electron chi connectivity index (χ1n) is 29.6. The zero-order chi connectivity index (χ0) is 72.2. The van der Waals surface area contributed by atoms with E-state index in [2.05, 4.69) is 5.32 Å². The highest BCUT2D eigenvalue weighted by Crippen LogP contribution is 2.43. The number of benzene rings is 10. The SMILES string of the molecule is CCOc1cc(NC(=O)c2ccccc2)c(OCC)cc1C.COc1c2ccccc2c(OC)c2cc(S(=O)(=O)OCc3ccc([N+](=O)[O-])cc3)ccc12.Cc1ccc(S(=O)(=O)OCc2c([N+](=O)[O-])cccc2[N+](=O)[O-])cc1.Cc1ccc(S(=O)(=O)OCc2ccc([N+](=O)[O-])cc2)cc1. The lowest BCUT2D eigenvalue weighted by Gasteiger charge is -2.16. The number of non-ortho nitro benzene ring substituents is 2. The summed E-state index contributed by atoms with van der Waals surface area (Å²) >= 11 is 0. The number of aryl methyl sites for hydroxylation is 3. The second-order valence-electron chi connectivity index (χ2n) is 21.0. The molecule has 27 nitrogen and oxygen atoms in total. The van der Waals surface area contributed by atoms with E-state index in [9.17, 15) is 70.5 Å². The summed E-state index contributed by atoms with van der Waals surface area (Å²) in [6.07, 6.45) is 0. The van der Waals surface area contributed by atoms with Gasteiger partial charge in [-0.1, -0.05) is 77.9 Å². The molecule has 10 aromatic carbocycles. The monoisotopic (exact) mass is 1410 g/mol. The van der Waals surface area contributed by atoms with Crippen LogP contribution < -0.4 is 24.3 Å². The zero-order valence-electron chi connectivity index (χ0n) is 54.1. The highest BCUT2D eigenvalue weighted by Gasteiger charge is 2.28. The Labute approximate surface area is 569 Å². The lowest BCUT2D eigenvalue weighted by Crippen LogP contribution is -2.13. The summed E-state index contributed by atoms with van der Waals surface area (Å²) in [6.45, 7) is 9.28. The molecule has 10 aromatic rings. The first-order valence-corrected chi connectivity index (χ1v) is 33.9. The summed E-state index contributed by atoms with van der Waals surface area (Å²) in [5.74, 6) is 2.37. The molecule has 0 heterocycles. The molecule has 0 unspecified atom stereocenters. The molecule has 0 fully saturated rings. The number of nitro benzene ring substituents is 4. The Morgan fingerprint density at radius 3 is 1.26 bits per heavy atom. The number of nitrogens with zero attached hydrogens (tertiary/aromatic N) is 4. The summed E-state index contributed by atoms with van der Waals surface area (Å²) in [5.41, 5.74) is 3.29. The number of amides is 1. The van der Waals surface area contributed by atoms with Crippen LogP contribution in [0.3, 0.4) is 0 Å². The molecule has 10 rings (SSSR count). The highest BCUT2D eigenvalue weighted by atomic mass is 32.2. The molecule has 0 atom stereocenters. The van der Waals surface area contributed by atoms with Crippen molar-refractivity contribution in [3.8, 4) is 23.0 Å². The van der Waals surface area contributed by atoms with Crippen molar-refractivity contribution in [2.75, 3.05) is 32.8 Å². The molecule has 1 N–H and O–H groups in total. The van der Waals surface area contributed by atoms with Crippen LogP contribution >= 0.6 is 0 Å². The van der Waals surface area contributed by atoms with Gasteiger partial charge < -0.3 is 24.3 Å². The standard InChI is InChI=1S/C23H19NO7S.C18H21NO3.C14H12N2O7S.C14H13NO5S/c1-29-22-18-5-3-4-6-19(18)23(30-2)21-13-17(11-12-20(21)22)32(27,28)31-14-15-7-9-16(10-8-15)24(25)26;1-4-21-16-12-15(17(22-5-2)11-13(16)3)19-18(20)14-9-7-6-8-10-14;1-10-5-7-11(8-6-10)24(21,22)23-9-12-13(15(17)18)3-2-4-14(12)16(19)20;1-11-2-8-14(9-3-11)21(18,19)20-10-12-4-6-13(7-5-12)15(16)17/h3-13H,14H2,1-2H3;6-12H,4-5H2,1-3H3,(H,19,20);2-8H,9H2,1H3;2-9H,10H2,1H3. The van der Waals surface area contributed by atoms with Crippen molar-refractivity contribution in [2.24, 2.45) is 0 Å². The number of methoxy groups -OCH3 is 2. The van der Waals surface area contributed by atoms with Gasteiger partial charge in [-0.15, -0.1) is 0 Å². The number of anilines is 1. The molecule has 0 bridgehead atoms. The average molecular weight is 1410 g/mol. The van der Waals surface area contributed by atoms with E-state index in [0.29, 0.717) is 63.6 Å². The summed E-state index contributed by atoms with van der Waals surface area (Å²) in [7, 11) is -9.06. The summed E-state index contributed by atoms with van der Waals surface area (Å²) in [4.78, 5) is 52.8. The van der Waals surface area contributed by atoms with Crippen molar-refractivity contribution in [3.63, 3.8) is 0 Å². The summed E-state index contributed by atoms with van der Waals surface area (Å²) in [6, 6.07) is 51.2. The number of hydrogen-bond acceptors (Lipinski definition) is 22. The van der Waals surface area contributed by atoms with Gasteiger partial charge in [0.1, 0.15) is 35.2 Å².